The summed E-state index contributed by atoms with van der Waals surface area (Å²) >= 11 is 0. The van der Waals surface area contributed by atoms with Crippen molar-refractivity contribution in [1.29, 1.82) is 0 Å². The highest BCUT2D eigenvalue weighted by Crippen LogP contribution is 2.46. The van der Waals surface area contributed by atoms with Crippen molar-refractivity contribution in [2.75, 3.05) is 5.01 Å². The molecule has 23 heavy (non-hydrogen) atoms. The summed E-state index contributed by atoms with van der Waals surface area (Å²) < 4.78 is 5.59. The van der Waals surface area contributed by atoms with Gasteiger partial charge in [0.05, 0.1) is 11.4 Å². The number of nitrogens with zero attached hydrogens (tertiary/aromatic N) is 2. The normalized spacial score (nSPS) is 25.6. The minimum absolute atomic E-state index is 0.191. The fourth-order valence-electron chi connectivity index (χ4n) is 2.91. The largest absolute Gasteiger partial charge is 0.341 e. The SMILES string of the molecule is CC1=NN(c2ccccc2)C(=O)C12OC2C(=O)c1ccccc1. The van der Waals surface area contributed by atoms with Crippen molar-refractivity contribution < 1.29 is 14.3 Å². The number of ketones is 1. The lowest BCUT2D eigenvalue weighted by Crippen LogP contribution is -2.38. The van der Waals surface area contributed by atoms with E-state index in [9.17, 15) is 9.59 Å². The molecule has 2 aromatic carbocycles. The number of hydrazone groups is 1. The molecule has 1 fully saturated rings. The first kappa shape index (κ1) is 13.8. The third-order valence-electron chi connectivity index (χ3n) is 4.21. The predicted molar refractivity (Wildman–Crippen MR) is 85.4 cm³/mol. The molecule has 2 aliphatic heterocycles. The van der Waals surface area contributed by atoms with Gasteiger partial charge in [0, 0.05) is 5.56 Å². The number of benzene rings is 2. The Balaban J connectivity index is 1.63. The number of hydrogen-bond acceptors (Lipinski definition) is 4. The molecule has 5 nitrogen and oxygen atoms in total. The summed E-state index contributed by atoms with van der Waals surface area (Å²) in [7, 11) is 0. The van der Waals surface area contributed by atoms with Gasteiger partial charge in [0.1, 0.15) is 0 Å². The molecule has 0 aromatic heterocycles. The molecule has 1 amide bonds. The number of amides is 1. The molecule has 0 radical (unpaired) electrons. The van der Waals surface area contributed by atoms with Gasteiger partial charge in [-0.15, -0.1) is 0 Å². The minimum atomic E-state index is -1.23. The van der Waals surface area contributed by atoms with Crippen molar-refractivity contribution in [3.63, 3.8) is 0 Å². The first-order valence-corrected chi connectivity index (χ1v) is 7.37. The van der Waals surface area contributed by atoms with Gasteiger partial charge >= 0.3 is 0 Å². The summed E-state index contributed by atoms with van der Waals surface area (Å²) in [6.45, 7) is 1.72. The van der Waals surface area contributed by atoms with Gasteiger partial charge in [-0.2, -0.15) is 10.1 Å². The van der Waals surface area contributed by atoms with Crippen LogP contribution in [0.25, 0.3) is 0 Å². The van der Waals surface area contributed by atoms with E-state index in [0.717, 1.165) is 0 Å². The summed E-state index contributed by atoms with van der Waals surface area (Å²) in [5.74, 6) is -0.501. The molecule has 5 heteroatoms. The van der Waals surface area contributed by atoms with E-state index < -0.39 is 11.7 Å². The molecule has 0 saturated carbocycles. The van der Waals surface area contributed by atoms with Crippen LogP contribution in [0.2, 0.25) is 0 Å². The van der Waals surface area contributed by atoms with E-state index in [2.05, 4.69) is 5.10 Å². The number of carbonyl (C=O) groups is 2. The number of ether oxygens (including phenoxy) is 1. The van der Waals surface area contributed by atoms with Gasteiger partial charge in [0.15, 0.2) is 11.9 Å². The lowest BCUT2D eigenvalue weighted by Gasteiger charge is -2.12. The maximum atomic E-state index is 12.8. The van der Waals surface area contributed by atoms with Crippen LogP contribution in [-0.2, 0) is 9.53 Å². The van der Waals surface area contributed by atoms with Crippen molar-refractivity contribution in [2.24, 2.45) is 5.10 Å². The second kappa shape index (κ2) is 4.86. The molecule has 2 unspecified atom stereocenters. The van der Waals surface area contributed by atoms with Gasteiger partial charge < -0.3 is 4.74 Å². The number of rotatable bonds is 3. The molecule has 2 aromatic rings. The summed E-state index contributed by atoms with van der Waals surface area (Å²) in [4.78, 5) is 25.3. The van der Waals surface area contributed by atoms with Crippen LogP contribution >= 0.6 is 0 Å². The summed E-state index contributed by atoms with van der Waals surface area (Å²) in [6.07, 6.45) is -0.796. The maximum absolute atomic E-state index is 12.8. The summed E-state index contributed by atoms with van der Waals surface area (Å²) in [5.41, 5.74) is 0.479. The molecule has 0 bridgehead atoms. The molecular weight excluding hydrogens is 292 g/mol. The lowest BCUT2D eigenvalue weighted by atomic mass is 9.94. The number of epoxide rings is 1. The van der Waals surface area contributed by atoms with Crippen molar-refractivity contribution in [3.05, 3.63) is 66.2 Å². The number of hydrogen-bond donors (Lipinski definition) is 0. The van der Waals surface area contributed by atoms with Gasteiger partial charge in [0.2, 0.25) is 5.60 Å². The minimum Gasteiger partial charge on any atom is -0.341 e. The van der Waals surface area contributed by atoms with Gasteiger partial charge in [0.25, 0.3) is 5.91 Å². The lowest BCUT2D eigenvalue weighted by molar-refractivity contribution is -0.120. The fraction of sp³-hybridized carbons (Fsp3) is 0.167. The Kier molecular flexibility index (Phi) is 2.92. The second-order valence-electron chi connectivity index (χ2n) is 5.60. The average molecular weight is 306 g/mol. The summed E-state index contributed by atoms with van der Waals surface area (Å²) in [6, 6.07) is 18.0. The Morgan fingerprint density at radius 2 is 1.70 bits per heavy atom. The summed E-state index contributed by atoms with van der Waals surface area (Å²) in [5, 5.41) is 5.62. The molecule has 2 heterocycles. The van der Waals surface area contributed by atoms with E-state index in [1.807, 2.05) is 24.3 Å². The third-order valence-corrected chi connectivity index (χ3v) is 4.21. The highest BCUT2D eigenvalue weighted by Gasteiger charge is 2.72. The zero-order valence-corrected chi connectivity index (χ0v) is 12.5. The van der Waals surface area contributed by atoms with Crippen molar-refractivity contribution in [3.8, 4) is 0 Å². The van der Waals surface area contributed by atoms with Crippen molar-refractivity contribution in [2.45, 2.75) is 18.6 Å². The van der Waals surface area contributed by atoms with Crippen LogP contribution in [0.15, 0.2) is 65.8 Å². The van der Waals surface area contributed by atoms with Crippen LogP contribution in [0.3, 0.4) is 0 Å². The van der Waals surface area contributed by atoms with E-state index in [1.165, 1.54) is 5.01 Å². The topological polar surface area (TPSA) is 62.3 Å². The highest BCUT2D eigenvalue weighted by atomic mass is 16.6. The van der Waals surface area contributed by atoms with E-state index in [1.54, 1.807) is 43.3 Å². The Hall–Kier alpha value is -2.79. The zero-order chi connectivity index (χ0) is 16.0. The quantitative estimate of drug-likeness (QED) is 0.646. The molecule has 4 rings (SSSR count). The monoisotopic (exact) mass is 306 g/mol. The van der Waals surface area contributed by atoms with Crippen LogP contribution in [0.1, 0.15) is 17.3 Å². The Labute approximate surface area is 133 Å². The van der Waals surface area contributed by atoms with Crippen molar-refractivity contribution >= 4 is 23.1 Å². The van der Waals surface area contributed by atoms with E-state index >= 15 is 0 Å². The zero-order valence-electron chi connectivity index (χ0n) is 12.5. The van der Waals surface area contributed by atoms with Crippen LogP contribution in [0.4, 0.5) is 5.69 Å². The van der Waals surface area contributed by atoms with E-state index in [4.69, 9.17) is 4.74 Å². The number of para-hydroxylation sites is 1. The molecule has 2 atom stereocenters. The first-order valence-electron chi connectivity index (χ1n) is 7.37. The number of anilines is 1. The smallest absolute Gasteiger partial charge is 0.288 e. The number of carbonyl (C=O) groups excluding carboxylic acids is 2. The first-order chi connectivity index (χ1) is 11.1. The van der Waals surface area contributed by atoms with E-state index in [0.29, 0.717) is 17.0 Å². The standard InChI is InChI=1S/C18H14N2O3/c1-12-18(16(23-18)15(21)13-8-4-2-5-9-13)17(22)20(19-12)14-10-6-3-7-11-14/h2-11,16H,1H3. The Morgan fingerprint density at radius 3 is 2.35 bits per heavy atom. The maximum Gasteiger partial charge on any atom is 0.288 e. The second-order valence-corrected chi connectivity index (χ2v) is 5.60. The van der Waals surface area contributed by atoms with Gasteiger partial charge in [-0.05, 0) is 19.1 Å². The molecule has 0 aliphatic carbocycles. The van der Waals surface area contributed by atoms with Crippen LogP contribution < -0.4 is 5.01 Å². The van der Waals surface area contributed by atoms with Crippen LogP contribution in [-0.4, -0.2) is 29.1 Å². The van der Waals surface area contributed by atoms with E-state index in [-0.39, 0.29) is 11.7 Å². The molecule has 1 spiro atoms. The van der Waals surface area contributed by atoms with Crippen LogP contribution in [0.5, 0.6) is 0 Å². The molecule has 0 N–H and O–H groups in total. The fourth-order valence-corrected chi connectivity index (χ4v) is 2.91. The molecule has 114 valence electrons. The van der Waals surface area contributed by atoms with Gasteiger partial charge in [-0.1, -0.05) is 48.5 Å². The Morgan fingerprint density at radius 1 is 1.09 bits per heavy atom. The number of Topliss-reactive ketones (excluding diaryl/α,β-unsaturated/α-hetero) is 1. The third kappa shape index (κ3) is 1.94. The molecule has 1 saturated heterocycles. The Bertz CT molecular complexity index is 817. The van der Waals surface area contributed by atoms with Crippen molar-refractivity contribution in [1.82, 2.24) is 0 Å². The predicted octanol–water partition coefficient (Wildman–Crippen LogP) is 2.43. The average Bonchev–Trinajstić information content (AvgIpc) is 3.31. The molecule has 2 aliphatic rings. The highest BCUT2D eigenvalue weighted by molar-refractivity contribution is 6.28. The van der Waals surface area contributed by atoms with Gasteiger partial charge in [-0.25, -0.2) is 0 Å². The molecular formula is C18H14N2O3. The van der Waals surface area contributed by atoms with Crippen LogP contribution in [0, 0.1) is 0 Å². The van der Waals surface area contributed by atoms with Gasteiger partial charge in [-0.3, -0.25) is 9.59 Å².